The average Bonchev–Trinajstić information content (AvgIpc) is 2.91. The van der Waals surface area contributed by atoms with E-state index in [1.165, 1.54) is 22.6 Å². The molecule has 0 spiro atoms. The maximum Gasteiger partial charge on any atom is 0.227 e. The monoisotopic (exact) mass is 356 g/mol. The number of rotatable bonds is 4. The molecule has 1 aromatic carbocycles. The predicted molar refractivity (Wildman–Crippen MR) is 103 cm³/mol. The molecule has 0 aliphatic carbocycles. The number of amides is 1. The summed E-state index contributed by atoms with van der Waals surface area (Å²) in [6.07, 6.45) is 1.36. The van der Waals surface area contributed by atoms with Gasteiger partial charge in [0.05, 0.1) is 11.3 Å². The molecule has 1 amide bonds. The Labute approximate surface area is 153 Å². The first-order chi connectivity index (χ1) is 12.0. The van der Waals surface area contributed by atoms with Crippen molar-refractivity contribution in [1.29, 1.82) is 0 Å². The first-order valence-electron chi connectivity index (χ1n) is 8.71. The second-order valence-electron chi connectivity index (χ2n) is 6.56. The van der Waals surface area contributed by atoms with Crippen molar-refractivity contribution >= 4 is 28.7 Å². The summed E-state index contributed by atoms with van der Waals surface area (Å²) in [5.74, 6) is 0.215. The number of aryl methyl sites for hydroxylation is 1. The van der Waals surface area contributed by atoms with Gasteiger partial charge in [-0.25, -0.2) is 0 Å². The molecule has 132 valence electrons. The topological polar surface area (TPSA) is 40.6 Å². The Morgan fingerprint density at radius 3 is 2.64 bits per heavy atom. The summed E-state index contributed by atoms with van der Waals surface area (Å²) in [7, 11) is 0. The highest BCUT2D eigenvalue weighted by Crippen LogP contribution is 2.21. The van der Waals surface area contributed by atoms with Crippen LogP contribution in [0.4, 0.5) is 5.69 Å². The molecule has 1 aromatic heterocycles. The molecule has 0 bridgehead atoms. The number of nitrogens with zero attached hydrogens (tertiary/aromatic N) is 2. The first kappa shape index (κ1) is 17.7. The quantitative estimate of drug-likeness (QED) is 0.787. The molecule has 0 radical (unpaired) electrons. The van der Waals surface area contributed by atoms with Crippen molar-refractivity contribution < 1.29 is 9.59 Å². The van der Waals surface area contributed by atoms with E-state index >= 15 is 0 Å². The van der Waals surface area contributed by atoms with Crippen LogP contribution in [-0.2, 0) is 11.2 Å². The molecule has 25 heavy (non-hydrogen) atoms. The van der Waals surface area contributed by atoms with Crippen LogP contribution >= 0.6 is 11.3 Å². The van der Waals surface area contributed by atoms with Crippen molar-refractivity contribution in [3.63, 3.8) is 0 Å². The molecule has 2 heterocycles. The Balaban J connectivity index is 1.61. The minimum absolute atomic E-state index is 0.0624. The van der Waals surface area contributed by atoms with Crippen LogP contribution in [0.5, 0.6) is 0 Å². The fraction of sp³-hybridized carbons (Fsp3) is 0.400. The Morgan fingerprint density at radius 1 is 1.12 bits per heavy atom. The third-order valence-electron chi connectivity index (χ3n) is 4.66. The number of para-hydroxylation sites is 1. The number of hydrogen-bond donors (Lipinski definition) is 0. The van der Waals surface area contributed by atoms with Crippen molar-refractivity contribution in [2.75, 3.05) is 31.1 Å². The highest BCUT2D eigenvalue weighted by Gasteiger charge is 2.20. The number of hydrogen-bond acceptors (Lipinski definition) is 4. The van der Waals surface area contributed by atoms with E-state index in [4.69, 9.17) is 0 Å². The molecule has 5 heteroatoms. The standard InChI is InChI=1S/C20H24N2O2S/c1-15-6-3-4-7-18(15)21-8-5-9-22(11-10-21)20(24)13-17-12-19(16(2)23)25-14-17/h3-4,6-7,12,14H,5,8-11,13H2,1-2H3. The van der Waals surface area contributed by atoms with Gasteiger partial charge in [-0.2, -0.15) is 0 Å². The lowest BCUT2D eigenvalue weighted by Gasteiger charge is -2.25. The molecule has 2 aromatic rings. The summed E-state index contributed by atoms with van der Waals surface area (Å²) in [4.78, 5) is 29.1. The Bertz CT molecular complexity index is 769. The molecule has 0 atom stereocenters. The van der Waals surface area contributed by atoms with Gasteiger partial charge in [-0.05, 0) is 48.9 Å². The highest BCUT2D eigenvalue weighted by molar-refractivity contribution is 7.12. The summed E-state index contributed by atoms with van der Waals surface area (Å²) in [5, 5.41) is 1.92. The SMILES string of the molecule is CC(=O)c1cc(CC(=O)N2CCCN(c3ccccc3C)CC2)cs1. The van der Waals surface area contributed by atoms with Crippen molar-refractivity contribution in [2.24, 2.45) is 0 Å². The van der Waals surface area contributed by atoms with Crippen LogP contribution in [0.1, 0.15) is 34.1 Å². The average molecular weight is 356 g/mol. The molecule has 1 fully saturated rings. The van der Waals surface area contributed by atoms with E-state index in [9.17, 15) is 9.59 Å². The van der Waals surface area contributed by atoms with E-state index < -0.39 is 0 Å². The number of benzene rings is 1. The van der Waals surface area contributed by atoms with Gasteiger partial charge in [-0.1, -0.05) is 18.2 Å². The molecule has 1 aliphatic heterocycles. The van der Waals surface area contributed by atoms with Gasteiger partial charge >= 0.3 is 0 Å². The van der Waals surface area contributed by atoms with E-state index in [0.717, 1.165) is 43.0 Å². The molecular weight excluding hydrogens is 332 g/mol. The fourth-order valence-electron chi connectivity index (χ4n) is 3.27. The minimum atomic E-state index is 0.0624. The highest BCUT2D eigenvalue weighted by atomic mass is 32.1. The lowest BCUT2D eigenvalue weighted by atomic mass is 10.2. The van der Waals surface area contributed by atoms with Crippen LogP contribution in [0.3, 0.4) is 0 Å². The Morgan fingerprint density at radius 2 is 1.92 bits per heavy atom. The number of Topliss-reactive ketones (excluding diaryl/α,β-unsaturated/α-hetero) is 1. The van der Waals surface area contributed by atoms with Gasteiger partial charge in [-0.3, -0.25) is 9.59 Å². The third kappa shape index (κ3) is 4.28. The van der Waals surface area contributed by atoms with Crippen molar-refractivity contribution in [3.05, 3.63) is 51.7 Å². The van der Waals surface area contributed by atoms with Gasteiger partial charge in [0.15, 0.2) is 5.78 Å². The van der Waals surface area contributed by atoms with Crippen LogP contribution in [0.2, 0.25) is 0 Å². The maximum atomic E-state index is 12.6. The summed E-state index contributed by atoms with van der Waals surface area (Å²) in [6.45, 7) is 7.07. The van der Waals surface area contributed by atoms with Crippen molar-refractivity contribution in [3.8, 4) is 0 Å². The molecule has 0 N–H and O–H groups in total. The normalized spacial score (nSPS) is 15.1. The largest absolute Gasteiger partial charge is 0.369 e. The van der Waals surface area contributed by atoms with E-state index in [1.807, 2.05) is 16.3 Å². The number of thiophene rings is 1. The summed E-state index contributed by atoms with van der Waals surface area (Å²) in [5.41, 5.74) is 3.48. The van der Waals surface area contributed by atoms with E-state index in [2.05, 4.69) is 36.1 Å². The smallest absolute Gasteiger partial charge is 0.227 e. The molecule has 1 aliphatic rings. The zero-order valence-electron chi connectivity index (χ0n) is 14.8. The molecule has 0 saturated carbocycles. The predicted octanol–water partition coefficient (Wildman–Crippen LogP) is 3.54. The van der Waals surface area contributed by atoms with Crippen LogP contribution in [0.25, 0.3) is 0 Å². The Hall–Kier alpha value is -2.14. The van der Waals surface area contributed by atoms with Crippen molar-refractivity contribution in [1.82, 2.24) is 4.90 Å². The number of ketones is 1. The van der Waals surface area contributed by atoms with Crippen LogP contribution in [0.15, 0.2) is 35.7 Å². The van der Waals surface area contributed by atoms with E-state index in [-0.39, 0.29) is 11.7 Å². The zero-order chi connectivity index (χ0) is 17.8. The fourth-order valence-corrected chi connectivity index (χ4v) is 4.08. The van der Waals surface area contributed by atoms with Crippen LogP contribution in [0, 0.1) is 6.92 Å². The second-order valence-corrected chi connectivity index (χ2v) is 7.47. The van der Waals surface area contributed by atoms with Gasteiger partial charge in [0.2, 0.25) is 5.91 Å². The minimum Gasteiger partial charge on any atom is -0.369 e. The summed E-state index contributed by atoms with van der Waals surface area (Å²) >= 11 is 1.42. The molecule has 4 nitrogen and oxygen atoms in total. The van der Waals surface area contributed by atoms with Gasteiger partial charge in [0.25, 0.3) is 0 Å². The van der Waals surface area contributed by atoms with E-state index in [1.54, 1.807) is 6.92 Å². The van der Waals surface area contributed by atoms with Crippen LogP contribution in [-0.4, -0.2) is 42.8 Å². The van der Waals surface area contributed by atoms with E-state index in [0.29, 0.717) is 6.42 Å². The lowest BCUT2D eigenvalue weighted by Crippen LogP contribution is -2.36. The molecule has 0 unspecified atom stereocenters. The maximum absolute atomic E-state index is 12.6. The number of anilines is 1. The molecule has 3 rings (SSSR count). The third-order valence-corrected chi connectivity index (χ3v) is 5.74. The van der Waals surface area contributed by atoms with Gasteiger partial charge in [0, 0.05) is 31.9 Å². The Kier molecular flexibility index (Phi) is 5.53. The molecule has 1 saturated heterocycles. The van der Waals surface area contributed by atoms with Gasteiger partial charge < -0.3 is 9.80 Å². The van der Waals surface area contributed by atoms with Gasteiger partial charge in [-0.15, -0.1) is 11.3 Å². The van der Waals surface area contributed by atoms with Crippen molar-refractivity contribution in [2.45, 2.75) is 26.7 Å². The zero-order valence-corrected chi connectivity index (χ0v) is 15.6. The van der Waals surface area contributed by atoms with Crippen LogP contribution < -0.4 is 4.90 Å². The molecular formula is C20H24N2O2S. The first-order valence-corrected chi connectivity index (χ1v) is 9.59. The van der Waals surface area contributed by atoms with Gasteiger partial charge in [0.1, 0.15) is 0 Å². The summed E-state index contributed by atoms with van der Waals surface area (Å²) in [6, 6.07) is 10.3. The summed E-state index contributed by atoms with van der Waals surface area (Å²) < 4.78 is 0. The number of carbonyl (C=O) groups excluding carboxylic acids is 2. The number of carbonyl (C=O) groups is 2. The lowest BCUT2D eigenvalue weighted by molar-refractivity contribution is -0.130. The second kappa shape index (κ2) is 7.83.